The molecule has 3 N–H and O–H groups in total. The van der Waals surface area contributed by atoms with E-state index in [4.69, 9.17) is 5.73 Å². The molecule has 2 aromatic rings. The second kappa shape index (κ2) is 7.93. The lowest BCUT2D eigenvalue weighted by atomic mass is 10.1. The second-order valence-electron chi connectivity index (χ2n) is 5.11. The van der Waals surface area contributed by atoms with Crippen LogP contribution in [0.15, 0.2) is 46.8 Å². The molecule has 0 aliphatic heterocycles. The maximum Gasteiger partial charge on any atom is 0.280 e. The number of rotatable bonds is 5. The third kappa shape index (κ3) is 4.81. The van der Waals surface area contributed by atoms with Crippen LogP contribution in [0.1, 0.15) is 23.9 Å². The summed E-state index contributed by atoms with van der Waals surface area (Å²) in [5.74, 6) is 1.45. The number of imidazole rings is 1. The molecule has 0 spiro atoms. The molecule has 0 amide bonds. The monoisotopic (exact) mass is 311 g/mol. The van der Waals surface area contributed by atoms with Crippen molar-refractivity contribution in [2.24, 2.45) is 29.9 Å². The highest BCUT2D eigenvalue weighted by Gasteiger charge is 2.05. The van der Waals surface area contributed by atoms with E-state index in [-0.39, 0.29) is 0 Å². The van der Waals surface area contributed by atoms with Crippen molar-refractivity contribution in [3.63, 3.8) is 0 Å². The Morgan fingerprint density at radius 3 is 2.57 bits per heavy atom. The molecule has 0 bridgehead atoms. The van der Waals surface area contributed by atoms with E-state index < -0.39 is 0 Å². The van der Waals surface area contributed by atoms with E-state index in [1.165, 1.54) is 0 Å². The van der Waals surface area contributed by atoms with Crippen molar-refractivity contribution in [2.45, 2.75) is 6.92 Å². The van der Waals surface area contributed by atoms with Crippen LogP contribution in [0.2, 0.25) is 0 Å². The number of hydrogen-bond acceptors (Lipinski definition) is 2. The number of benzene rings is 1. The molecule has 0 aliphatic rings. The lowest BCUT2D eigenvalue weighted by Crippen LogP contribution is -2.29. The Balaban J connectivity index is 2.00. The number of guanidine groups is 1. The van der Waals surface area contributed by atoms with Crippen molar-refractivity contribution in [3.05, 3.63) is 53.6 Å². The van der Waals surface area contributed by atoms with Gasteiger partial charge in [-0.05, 0) is 24.1 Å². The number of aryl methyl sites for hydroxylation is 2. The maximum absolute atomic E-state index is 5.59. The first-order valence-electron chi connectivity index (χ1n) is 7.48. The van der Waals surface area contributed by atoms with Crippen LogP contribution in [0, 0.1) is 0 Å². The van der Waals surface area contributed by atoms with Gasteiger partial charge < -0.3 is 5.73 Å². The van der Waals surface area contributed by atoms with Crippen molar-refractivity contribution in [2.75, 3.05) is 6.54 Å². The molecule has 2 rings (SSSR count). The Hall–Kier alpha value is -2.89. The number of nitrogens with two attached hydrogens (primary N) is 1. The van der Waals surface area contributed by atoms with Crippen LogP contribution in [-0.4, -0.2) is 23.3 Å². The van der Waals surface area contributed by atoms with Crippen LogP contribution in [0.25, 0.3) is 12.2 Å². The van der Waals surface area contributed by atoms with Crippen molar-refractivity contribution in [1.29, 1.82) is 0 Å². The van der Waals surface area contributed by atoms with E-state index in [1.807, 2.05) is 57.7 Å². The van der Waals surface area contributed by atoms with Gasteiger partial charge in [-0.25, -0.2) is 14.6 Å². The number of aromatic nitrogens is 2. The number of aliphatic imine (C=N–C) groups is 1. The molecule has 1 aromatic heterocycles. The Labute approximate surface area is 136 Å². The van der Waals surface area contributed by atoms with Crippen molar-refractivity contribution < 1.29 is 4.57 Å². The summed E-state index contributed by atoms with van der Waals surface area (Å²) in [6.07, 6.45) is 9.94. The number of hydrazone groups is 1. The van der Waals surface area contributed by atoms with Gasteiger partial charge in [-0.3, -0.25) is 4.99 Å². The van der Waals surface area contributed by atoms with Gasteiger partial charge in [0.2, 0.25) is 5.96 Å². The van der Waals surface area contributed by atoms with E-state index in [9.17, 15) is 0 Å². The maximum atomic E-state index is 5.59. The topological polar surface area (TPSA) is 71.6 Å². The van der Waals surface area contributed by atoms with Crippen LogP contribution < -0.4 is 15.7 Å². The number of nitrogens with one attached hydrogen (secondary N) is 1. The summed E-state index contributed by atoms with van der Waals surface area (Å²) in [6.45, 7) is 2.55. The zero-order valence-corrected chi connectivity index (χ0v) is 13.8. The van der Waals surface area contributed by atoms with Crippen LogP contribution in [0.4, 0.5) is 0 Å². The van der Waals surface area contributed by atoms with Gasteiger partial charge in [-0.1, -0.05) is 24.3 Å². The summed E-state index contributed by atoms with van der Waals surface area (Å²) in [4.78, 5) is 3.99. The highest BCUT2D eigenvalue weighted by Crippen LogP contribution is 2.07. The van der Waals surface area contributed by atoms with Gasteiger partial charge in [0.1, 0.15) is 12.4 Å². The highest BCUT2D eigenvalue weighted by molar-refractivity contribution is 5.83. The molecule has 0 saturated heterocycles. The summed E-state index contributed by atoms with van der Waals surface area (Å²) in [5, 5.41) is 4.04. The molecule has 6 heteroatoms. The minimum Gasteiger partial charge on any atom is -0.369 e. The Kier molecular flexibility index (Phi) is 5.68. The SMILES string of the molecule is CCN=C(N)NN=Cc1ccc(C=Cc2n(C)cc[n+]2C)cc1. The van der Waals surface area contributed by atoms with Gasteiger partial charge in [0.15, 0.2) is 0 Å². The minimum atomic E-state index is 0.318. The van der Waals surface area contributed by atoms with Crippen LogP contribution in [-0.2, 0) is 14.1 Å². The third-order valence-electron chi connectivity index (χ3n) is 3.32. The first-order chi connectivity index (χ1) is 11.1. The lowest BCUT2D eigenvalue weighted by molar-refractivity contribution is -0.672. The minimum absolute atomic E-state index is 0.318. The normalized spacial score (nSPS) is 12.4. The van der Waals surface area contributed by atoms with Gasteiger partial charge in [-0.2, -0.15) is 5.10 Å². The first kappa shape index (κ1) is 16.5. The molecule has 0 fully saturated rings. The van der Waals surface area contributed by atoms with E-state index >= 15 is 0 Å². The average Bonchev–Trinajstić information content (AvgIpc) is 2.85. The Morgan fingerprint density at radius 1 is 1.26 bits per heavy atom. The summed E-state index contributed by atoms with van der Waals surface area (Å²) in [6, 6.07) is 8.10. The van der Waals surface area contributed by atoms with Crippen LogP contribution in [0.3, 0.4) is 0 Å². The van der Waals surface area contributed by atoms with Gasteiger partial charge in [-0.15, -0.1) is 0 Å². The predicted octanol–water partition coefficient (Wildman–Crippen LogP) is 1.28. The van der Waals surface area contributed by atoms with Crippen molar-refractivity contribution >= 4 is 24.3 Å². The molecule has 0 atom stereocenters. The molecule has 0 radical (unpaired) electrons. The second-order valence-corrected chi connectivity index (χ2v) is 5.11. The van der Waals surface area contributed by atoms with Gasteiger partial charge in [0, 0.05) is 12.6 Å². The van der Waals surface area contributed by atoms with E-state index in [1.54, 1.807) is 6.21 Å². The zero-order chi connectivity index (χ0) is 16.7. The van der Waals surface area contributed by atoms with Gasteiger partial charge in [0.25, 0.3) is 5.82 Å². The summed E-state index contributed by atoms with van der Waals surface area (Å²) in [7, 11) is 4.06. The third-order valence-corrected chi connectivity index (χ3v) is 3.32. The Bertz CT molecular complexity index is 703. The van der Waals surface area contributed by atoms with Crippen LogP contribution in [0.5, 0.6) is 0 Å². The molecular formula is C17H23N6+. The molecule has 1 aromatic carbocycles. The fraction of sp³-hybridized carbons (Fsp3) is 0.235. The lowest BCUT2D eigenvalue weighted by Gasteiger charge is -1.98. The molecule has 1 heterocycles. The Morgan fingerprint density at radius 2 is 1.96 bits per heavy atom. The van der Waals surface area contributed by atoms with E-state index in [2.05, 4.69) is 36.8 Å². The fourth-order valence-electron chi connectivity index (χ4n) is 2.08. The quantitative estimate of drug-likeness (QED) is 0.378. The van der Waals surface area contributed by atoms with Gasteiger partial charge >= 0.3 is 0 Å². The molecule has 120 valence electrons. The highest BCUT2D eigenvalue weighted by atomic mass is 15.3. The summed E-state index contributed by atoms with van der Waals surface area (Å²) in [5.41, 5.74) is 10.4. The van der Waals surface area contributed by atoms with Crippen LogP contribution >= 0.6 is 0 Å². The molecule has 0 unspecified atom stereocenters. The zero-order valence-electron chi connectivity index (χ0n) is 13.8. The van der Waals surface area contributed by atoms with Crippen molar-refractivity contribution in [1.82, 2.24) is 9.99 Å². The number of hydrogen-bond donors (Lipinski definition) is 2. The number of nitrogens with zero attached hydrogens (tertiary/aromatic N) is 4. The smallest absolute Gasteiger partial charge is 0.280 e. The fourth-order valence-corrected chi connectivity index (χ4v) is 2.08. The molecule has 0 saturated carbocycles. The average molecular weight is 311 g/mol. The van der Waals surface area contributed by atoms with E-state index in [0.717, 1.165) is 17.0 Å². The molecule has 0 aliphatic carbocycles. The van der Waals surface area contributed by atoms with E-state index in [0.29, 0.717) is 12.5 Å². The molecular weight excluding hydrogens is 288 g/mol. The van der Waals surface area contributed by atoms with Crippen molar-refractivity contribution in [3.8, 4) is 0 Å². The van der Waals surface area contributed by atoms with Gasteiger partial charge in [0.05, 0.1) is 20.3 Å². The molecule has 23 heavy (non-hydrogen) atoms. The summed E-state index contributed by atoms with van der Waals surface area (Å²) < 4.78 is 4.15. The largest absolute Gasteiger partial charge is 0.369 e. The molecule has 6 nitrogen and oxygen atoms in total. The summed E-state index contributed by atoms with van der Waals surface area (Å²) >= 11 is 0. The predicted molar refractivity (Wildman–Crippen MR) is 94.9 cm³/mol. The first-order valence-corrected chi connectivity index (χ1v) is 7.48. The standard InChI is InChI=1S/C17H22N6/c1-4-19-17(18)21-20-13-15-7-5-14(6-8-15)9-10-16-22(2)11-12-23(16)3/h5-13H,4H2,1-3H3,(H2,18,19)/p+1.